The second-order valence-corrected chi connectivity index (χ2v) is 2.87. The lowest BCUT2D eigenvalue weighted by atomic mass is 10.4. The van der Waals surface area contributed by atoms with E-state index in [1.165, 1.54) is 0 Å². The Morgan fingerprint density at radius 3 is 3.07 bits per heavy atom. The average molecular weight is 206 g/mol. The fraction of sp³-hybridized carbons (Fsp3) is 0.444. The van der Waals surface area contributed by atoms with Gasteiger partial charge in [0.2, 0.25) is 5.95 Å². The monoisotopic (exact) mass is 206 g/mol. The summed E-state index contributed by atoms with van der Waals surface area (Å²) >= 11 is 0. The largest absolute Gasteiger partial charge is 0.356 e. The summed E-state index contributed by atoms with van der Waals surface area (Å²) in [5, 5.41) is 8.52. The highest BCUT2D eigenvalue weighted by molar-refractivity contribution is 5.41. The van der Waals surface area contributed by atoms with Gasteiger partial charge >= 0.3 is 0 Å². The highest BCUT2D eigenvalue weighted by Gasteiger charge is 2.05. The Balaban J connectivity index is 2.77. The third-order valence-electron chi connectivity index (χ3n) is 1.97. The molecule has 0 amide bonds. The van der Waals surface area contributed by atoms with Crippen molar-refractivity contribution in [3.05, 3.63) is 12.3 Å². The smallest absolute Gasteiger partial charge is 0.239 e. The molecule has 0 radical (unpaired) electrons. The summed E-state index contributed by atoms with van der Waals surface area (Å²) in [7, 11) is 0. The number of hydrogen-bond acceptors (Lipinski definition) is 6. The lowest BCUT2D eigenvalue weighted by molar-refractivity contribution is 0.808. The molecule has 0 aliphatic heterocycles. The number of nitrogens with zero attached hydrogens (tertiary/aromatic N) is 4. The highest BCUT2D eigenvalue weighted by atomic mass is 15.3. The van der Waals surface area contributed by atoms with Crippen LogP contribution in [0.2, 0.25) is 0 Å². The van der Waals surface area contributed by atoms with Gasteiger partial charge in [0.05, 0.1) is 12.5 Å². The summed E-state index contributed by atoms with van der Waals surface area (Å²) in [5.74, 6) is 6.37. The SMILES string of the molecule is CCN(CCC#N)c1ccnc(NN)n1. The molecule has 80 valence electrons. The van der Waals surface area contributed by atoms with Gasteiger partial charge < -0.3 is 4.90 Å². The molecular formula is C9H14N6. The van der Waals surface area contributed by atoms with Crippen LogP contribution in [0.1, 0.15) is 13.3 Å². The number of nitrogens with two attached hydrogens (primary N) is 1. The van der Waals surface area contributed by atoms with Crippen LogP contribution in [0.4, 0.5) is 11.8 Å². The van der Waals surface area contributed by atoms with Crippen LogP contribution in [-0.4, -0.2) is 23.1 Å². The maximum Gasteiger partial charge on any atom is 0.239 e. The van der Waals surface area contributed by atoms with Crippen LogP contribution >= 0.6 is 0 Å². The highest BCUT2D eigenvalue weighted by Crippen LogP contribution is 2.11. The van der Waals surface area contributed by atoms with Crippen LogP contribution in [0.3, 0.4) is 0 Å². The summed E-state index contributed by atoms with van der Waals surface area (Å²) in [6.45, 7) is 3.46. The van der Waals surface area contributed by atoms with Crippen molar-refractivity contribution in [2.75, 3.05) is 23.4 Å². The molecule has 0 aromatic carbocycles. The van der Waals surface area contributed by atoms with Crippen LogP contribution in [0.5, 0.6) is 0 Å². The van der Waals surface area contributed by atoms with Crippen molar-refractivity contribution in [1.29, 1.82) is 5.26 Å². The molecule has 3 N–H and O–H groups in total. The number of nitrogen functional groups attached to an aromatic ring is 1. The minimum absolute atomic E-state index is 0.378. The first-order valence-corrected chi connectivity index (χ1v) is 4.73. The van der Waals surface area contributed by atoms with Crippen molar-refractivity contribution in [2.45, 2.75) is 13.3 Å². The second kappa shape index (κ2) is 5.78. The molecule has 15 heavy (non-hydrogen) atoms. The molecule has 6 heteroatoms. The third-order valence-corrected chi connectivity index (χ3v) is 1.97. The van der Waals surface area contributed by atoms with Crippen molar-refractivity contribution in [3.63, 3.8) is 0 Å². The van der Waals surface area contributed by atoms with E-state index in [1.807, 2.05) is 11.8 Å². The van der Waals surface area contributed by atoms with Crippen LogP contribution in [0.15, 0.2) is 12.3 Å². The van der Waals surface area contributed by atoms with Crippen molar-refractivity contribution < 1.29 is 0 Å². The number of nitrogens with one attached hydrogen (secondary N) is 1. The number of hydrogen-bond donors (Lipinski definition) is 2. The Labute approximate surface area is 88.7 Å². The zero-order chi connectivity index (χ0) is 11.1. The van der Waals surface area contributed by atoms with Gasteiger partial charge in [0.1, 0.15) is 5.82 Å². The molecule has 0 atom stereocenters. The second-order valence-electron chi connectivity index (χ2n) is 2.87. The van der Waals surface area contributed by atoms with Crippen molar-refractivity contribution >= 4 is 11.8 Å². The molecule has 0 saturated carbocycles. The van der Waals surface area contributed by atoms with E-state index in [0.717, 1.165) is 12.4 Å². The first kappa shape index (κ1) is 11.2. The van der Waals surface area contributed by atoms with Crippen LogP contribution in [0, 0.1) is 11.3 Å². The summed E-state index contributed by atoms with van der Waals surface area (Å²) in [6, 6.07) is 3.90. The predicted octanol–water partition coefficient (Wildman–Crippen LogP) is 0.502. The Hall–Kier alpha value is -1.87. The Morgan fingerprint density at radius 1 is 1.67 bits per heavy atom. The summed E-state index contributed by atoms with van der Waals surface area (Å²) in [4.78, 5) is 10.1. The molecule has 0 aliphatic rings. The van der Waals surface area contributed by atoms with E-state index in [9.17, 15) is 0 Å². The van der Waals surface area contributed by atoms with Gasteiger partial charge in [-0.3, -0.25) is 5.43 Å². The molecule has 0 saturated heterocycles. The lowest BCUT2D eigenvalue weighted by Crippen LogP contribution is -2.25. The molecule has 0 bridgehead atoms. The molecule has 1 rings (SSSR count). The quantitative estimate of drug-likeness (QED) is 0.538. The van der Waals surface area contributed by atoms with E-state index in [2.05, 4.69) is 21.5 Å². The minimum Gasteiger partial charge on any atom is -0.356 e. The maximum absolute atomic E-state index is 8.52. The molecule has 1 aromatic rings. The lowest BCUT2D eigenvalue weighted by Gasteiger charge is -2.20. The zero-order valence-electron chi connectivity index (χ0n) is 8.64. The van der Waals surface area contributed by atoms with E-state index < -0.39 is 0 Å². The fourth-order valence-electron chi connectivity index (χ4n) is 1.21. The predicted molar refractivity (Wildman–Crippen MR) is 58.0 cm³/mol. The molecule has 6 nitrogen and oxygen atoms in total. The van der Waals surface area contributed by atoms with Gasteiger partial charge in [-0.15, -0.1) is 0 Å². The number of anilines is 2. The molecule has 1 heterocycles. The first-order valence-electron chi connectivity index (χ1n) is 4.73. The summed E-state index contributed by atoms with van der Waals surface area (Å²) in [6.07, 6.45) is 2.11. The molecule has 0 unspecified atom stereocenters. The fourth-order valence-corrected chi connectivity index (χ4v) is 1.21. The summed E-state index contributed by atoms with van der Waals surface area (Å²) in [5.41, 5.74) is 2.39. The van der Waals surface area contributed by atoms with Crippen LogP contribution in [0.25, 0.3) is 0 Å². The molecule has 0 fully saturated rings. The van der Waals surface area contributed by atoms with Gasteiger partial charge in [-0.05, 0) is 13.0 Å². The van der Waals surface area contributed by atoms with E-state index in [4.69, 9.17) is 11.1 Å². The third kappa shape index (κ3) is 3.07. The number of nitriles is 1. The topological polar surface area (TPSA) is 90.9 Å². The first-order chi connectivity index (χ1) is 7.31. The van der Waals surface area contributed by atoms with Crippen LogP contribution < -0.4 is 16.2 Å². The maximum atomic E-state index is 8.52. The van der Waals surface area contributed by atoms with Gasteiger partial charge in [0.15, 0.2) is 0 Å². The Morgan fingerprint density at radius 2 is 2.47 bits per heavy atom. The minimum atomic E-state index is 0.378. The van der Waals surface area contributed by atoms with Gasteiger partial charge in [-0.25, -0.2) is 10.8 Å². The number of aromatic nitrogens is 2. The average Bonchev–Trinajstić information content (AvgIpc) is 2.30. The van der Waals surface area contributed by atoms with Crippen molar-refractivity contribution in [1.82, 2.24) is 9.97 Å². The molecule has 1 aromatic heterocycles. The normalized spacial score (nSPS) is 9.40. The van der Waals surface area contributed by atoms with Gasteiger partial charge in [0.25, 0.3) is 0 Å². The van der Waals surface area contributed by atoms with Crippen molar-refractivity contribution in [2.24, 2.45) is 5.84 Å². The van der Waals surface area contributed by atoms with E-state index in [1.54, 1.807) is 12.3 Å². The molecular weight excluding hydrogens is 192 g/mol. The summed E-state index contributed by atoms with van der Waals surface area (Å²) < 4.78 is 0. The van der Waals surface area contributed by atoms with Gasteiger partial charge in [-0.1, -0.05) is 0 Å². The van der Waals surface area contributed by atoms with Crippen molar-refractivity contribution in [3.8, 4) is 6.07 Å². The molecule has 0 aliphatic carbocycles. The van der Waals surface area contributed by atoms with Crippen LogP contribution in [-0.2, 0) is 0 Å². The Bertz CT molecular complexity index is 345. The van der Waals surface area contributed by atoms with E-state index >= 15 is 0 Å². The zero-order valence-corrected chi connectivity index (χ0v) is 8.64. The standard InChI is InChI=1S/C9H14N6/c1-2-15(7-3-5-10)8-4-6-12-9(13-8)14-11/h4,6H,2-3,7,11H2,1H3,(H,12,13,14). The van der Waals surface area contributed by atoms with Gasteiger partial charge in [-0.2, -0.15) is 10.2 Å². The molecule has 0 spiro atoms. The number of rotatable bonds is 5. The number of hydrazine groups is 1. The van der Waals surface area contributed by atoms with Gasteiger partial charge in [0, 0.05) is 19.3 Å². The van der Waals surface area contributed by atoms with E-state index in [-0.39, 0.29) is 0 Å². The van der Waals surface area contributed by atoms with E-state index in [0.29, 0.717) is 18.9 Å². The Kier molecular flexibility index (Phi) is 4.31.